The maximum Gasteiger partial charge on any atom is 0.264 e. The molecule has 1 fully saturated rings. The molecule has 1 saturated heterocycles. The zero-order valence-corrected chi connectivity index (χ0v) is 14.1. The molecular weight excluding hydrogens is 334 g/mol. The van der Waals surface area contributed by atoms with Crippen LogP contribution in [0.4, 0.5) is 5.69 Å². The third-order valence-electron chi connectivity index (χ3n) is 4.12. The second-order valence-corrected chi connectivity index (χ2v) is 6.66. The van der Waals surface area contributed by atoms with Gasteiger partial charge in [-0.15, -0.1) is 0 Å². The minimum atomic E-state index is -0.115. The van der Waals surface area contributed by atoms with Crippen LogP contribution in [0.2, 0.25) is 0 Å². The Morgan fingerprint density at radius 2 is 2.19 bits per heavy atom. The van der Waals surface area contributed by atoms with Crippen LogP contribution in [0.5, 0.6) is 0 Å². The van der Waals surface area contributed by atoms with Crippen molar-refractivity contribution >= 4 is 27.5 Å². The maximum absolute atomic E-state index is 12.1. The van der Waals surface area contributed by atoms with Gasteiger partial charge in [-0.3, -0.25) is 9.59 Å². The Labute approximate surface area is 133 Å². The van der Waals surface area contributed by atoms with E-state index in [1.54, 1.807) is 19.3 Å². The number of rotatable bonds is 4. The highest BCUT2D eigenvalue weighted by Crippen LogP contribution is 2.24. The molecule has 2 rings (SSSR count). The molecule has 1 aromatic heterocycles. The van der Waals surface area contributed by atoms with E-state index >= 15 is 0 Å². The molecule has 6 heteroatoms. The normalized spacial score (nSPS) is 17.5. The van der Waals surface area contributed by atoms with Crippen LogP contribution in [0.1, 0.15) is 26.2 Å². The lowest BCUT2D eigenvalue weighted by atomic mass is 9.84. The first kappa shape index (κ1) is 16.2. The fourth-order valence-electron chi connectivity index (χ4n) is 2.82. The van der Waals surface area contributed by atoms with Crippen molar-refractivity contribution in [2.75, 3.05) is 18.4 Å². The van der Waals surface area contributed by atoms with Crippen LogP contribution in [0, 0.1) is 11.8 Å². The molecular formula is C15H22BrN3O2. The number of carbonyl (C=O) groups is 1. The fraction of sp³-hybridized carbons (Fsp3) is 0.600. The lowest BCUT2D eigenvalue weighted by Crippen LogP contribution is -2.32. The molecule has 0 bridgehead atoms. The molecule has 0 radical (unpaired) electrons. The van der Waals surface area contributed by atoms with Crippen LogP contribution >= 0.6 is 15.9 Å². The molecule has 2 heterocycles. The zero-order chi connectivity index (χ0) is 15.4. The van der Waals surface area contributed by atoms with Crippen LogP contribution in [0.15, 0.2) is 21.5 Å². The van der Waals surface area contributed by atoms with Crippen molar-refractivity contribution in [2.45, 2.75) is 26.2 Å². The Morgan fingerprint density at radius 3 is 2.81 bits per heavy atom. The van der Waals surface area contributed by atoms with Crippen molar-refractivity contribution in [3.05, 3.63) is 27.1 Å². The van der Waals surface area contributed by atoms with Gasteiger partial charge in [-0.1, -0.05) is 6.92 Å². The Balaban J connectivity index is 1.93. The summed E-state index contributed by atoms with van der Waals surface area (Å²) in [6, 6.07) is 1.65. The van der Waals surface area contributed by atoms with E-state index in [1.165, 1.54) is 4.57 Å². The van der Waals surface area contributed by atoms with Crippen LogP contribution in [-0.2, 0) is 11.8 Å². The first-order valence-electron chi connectivity index (χ1n) is 7.34. The number of halogens is 1. The topological polar surface area (TPSA) is 63.1 Å². The fourth-order valence-corrected chi connectivity index (χ4v) is 3.35. The second-order valence-electron chi connectivity index (χ2n) is 5.81. The van der Waals surface area contributed by atoms with Crippen molar-refractivity contribution in [3.8, 4) is 0 Å². The van der Waals surface area contributed by atoms with E-state index in [-0.39, 0.29) is 11.5 Å². The number of aromatic nitrogens is 1. The lowest BCUT2D eigenvalue weighted by molar-refractivity contribution is -0.117. The number of amides is 1. The number of aryl methyl sites for hydroxylation is 1. The lowest BCUT2D eigenvalue weighted by Gasteiger charge is -2.27. The number of nitrogens with zero attached hydrogens (tertiary/aromatic N) is 1. The highest BCUT2D eigenvalue weighted by molar-refractivity contribution is 9.10. The van der Waals surface area contributed by atoms with Gasteiger partial charge >= 0.3 is 0 Å². The third kappa shape index (κ3) is 4.41. The van der Waals surface area contributed by atoms with E-state index in [2.05, 4.69) is 33.5 Å². The number of pyridine rings is 1. The Kier molecular flexibility index (Phi) is 5.58. The minimum Gasteiger partial charge on any atom is -0.325 e. The van der Waals surface area contributed by atoms with E-state index in [1.807, 2.05) is 0 Å². The van der Waals surface area contributed by atoms with E-state index in [4.69, 9.17) is 0 Å². The molecule has 1 unspecified atom stereocenters. The summed E-state index contributed by atoms with van der Waals surface area (Å²) in [5, 5.41) is 6.22. The van der Waals surface area contributed by atoms with E-state index < -0.39 is 0 Å². The van der Waals surface area contributed by atoms with Gasteiger partial charge in [-0.05, 0) is 59.8 Å². The number of carbonyl (C=O) groups excluding carboxylic acids is 1. The predicted octanol–water partition coefficient (Wildman–Crippen LogP) is 2.11. The molecule has 1 amide bonds. The van der Waals surface area contributed by atoms with Gasteiger partial charge in [0.05, 0.1) is 10.2 Å². The largest absolute Gasteiger partial charge is 0.325 e. The third-order valence-corrected chi connectivity index (χ3v) is 4.69. The summed E-state index contributed by atoms with van der Waals surface area (Å²) in [5.41, 5.74) is 0.530. The van der Waals surface area contributed by atoms with Gasteiger partial charge in [0.2, 0.25) is 5.91 Å². The summed E-state index contributed by atoms with van der Waals surface area (Å²) in [6.07, 6.45) is 4.44. The quantitative estimate of drug-likeness (QED) is 0.869. The van der Waals surface area contributed by atoms with Crippen LogP contribution in [0.3, 0.4) is 0 Å². The average molecular weight is 356 g/mol. The van der Waals surface area contributed by atoms with Crippen molar-refractivity contribution in [1.29, 1.82) is 0 Å². The average Bonchev–Trinajstić information content (AvgIpc) is 2.45. The molecule has 21 heavy (non-hydrogen) atoms. The van der Waals surface area contributed by atoms with E-state index in [0.717, 1.165) is 25.9 Å². The molecule has 1 aliphatic rings. The molecule has 0 aliphatic carbocycles. The Morgan fingerprint density at radius 1 is 1.52 bits per heavy atom. The van der Waals surface area contributed by atoms with E-state index in [0.29, 0.717) is 28.4 Å². The van der Waals surface area contributed by atoms with Crippen LogP contribution < -0.4 is 16.2 Å². The van der Waals surface area contributed by atoms with Gasteiger partial charge in [0, 0.05) is 19.7 Å². The zero-order valence-electron chi connectivity index (χ0n) is 12.5. The molecule has 1 atom stereocenters. The van der Waals surface area contributed by atoms with Crippen molar-refractivity contribution in [2.24, 2.45) is 18.9 Å². The molecule has 116 valence electrons. The van der Waals surface area contributed by atoms with Gasteiger partial charge in [0.25, 0.3) is 5.56 Å². The molecule has 0 aromatic carbocycles. The van der Waals surface area contributed by atoms with Gasteiger partial charge in [0.15, 0.2) is 0 Å². The van der Waals surface area contributed by atoms with Crippen molar-refractivity contribution in [3.63, 3.8) is 0 Å². The summed E-state index contributed by atoms with van der Waals surface area (Å²) in [4.78, 5) is 23.7. The van der Waals surface area contributed by atoms with Gasteiger partial charge in [0.1, 0.15) is 0 Å². The number of anilines is 1. The Hall–Kier alpha value is -1.14. The number of hydrogen-bond donors (Lipinski definition) is 2. The van der Waals surface area contributed by atoms with Crippen molar-refractivity contribution < 1.29 is 4.79 Å². The highest BCUT2D eigenvalue weighted by atomic mass is 79.9. The summed E-state index contributed by atoms with van der Waals surface area (Å²) in [6.45, 7) is 4.24. The number of nitrogens with one attached hydrogen (secondary N) is 2. The van der Waals surface area contributed by atoms with Crippen LogP contribution in [-0.4, -0.2) is 23.6 Å². The molecule has 0 saturated carbocycles. The maximum atomic E-state index is 12.1. The predicted molar refractivity (Wildman–Crippen MR) is 87.4 cm³/mol. The smallest absolute Gasteiger partial charge is 0.264 e. The summed E-state index contributed by atoms with van der Waals surface area (Å²) < 4.78 is 1.91. The van der Waals surface area contributed by atoms with Gasteiger partial charge < -0.3 is 15.2 Å². The molecule has 2 N–H and O–H groups in total. The number of piperidine rings is 1. The summed E-state index contributed by atoms with van der Waals surface area (Å²) in [7, 11) is 1.67. The molecule has 5 nitrogen and oxygen atoms in total. The second kappa shape index (κ2) is 7.22. The van der Waals surface area contributed by atoms with E-state index in [9.17, 15) is 9.59 Å². The van der Waals surface area contributed by atoms with Gasteiger partial charge in [-0.25, -0.2) is 0 Å². The number of hydrogen-bond acceptors (Lipinski definition) is 3. The van der Waals surface area contributed by atoms with Crippen molar-refractivity contribution in [1.82, 2.24) is 9.88 Å². The SMILES string of the molecule is CC(CC(=O)Nc1cc(Br)c(=O)n(C)c1)C1CCNCC1. The summed E-state index contributed by atoms with van der Waals surface area (Å²) >= 11 is 3.21. The molecule has 1 aliphatic heterocycles. The summed E-state index contributed by atoms with van der Waals surface area (Å²) in [5.74, 6) is 0.999. The monoisotopic (exact) mass is 355 g/mol. The first-order valence-corrected chi connectivity index (χ1v) is 8.13. The Bertz CT molecular complexity index is 538. The minimum absolute atomic E-state index is 0.00609. The molecule has 1 aromatic rings. The first-order chi connectivity index (χ1) is 9.97. The highest BCUT2D eigenvalue weighted by Gasteiger charge is 2.22. The standard InChI is InChI=1S/C15H22BrN3O2/c1-10(11-3-5-17-6-4-11)7-14(20)18-12-8-13(16)15(21)19(2)9-12/h8-11,17H,3-7H2,1-2H3,(H,18,20). The van der Waals surface area contributed by atoms with Gasteiger partial charge in [-0.2, -0.15) is 0 Å². The van der Waals surface area contributed by atoms with Crippen LogP contribution in [0.25, 0.3) is 0 Å². The molecule has 0 spiro atoms.